The molecular formula is C11H5F5N2O2. The second kappa shape index (κ2) is 4.58. The average molecular weight is 292 g/mol. The van der Waals surface area contributed by atoms with Gasteiger partial charge in [-0.15, -0.1) is 0 Å². The van der Waals surface area contributed by atoms with E-state index in [0.29, 0.717) is 6.20 Å². The number of carbonyl (C=O) groups is 1. The number of rotatable bonds is 2. The molecule has 0 spiro atoms. The highest BCUT2D eigenvalue weighted by molar-refractivity contribution is 5.89. The highest BCUT2D eigenvalue weighted by atomic mass is 19.4. The molecule has 0 aliphatic carbocycles. The lowest BCUT2D eigenvalue weighted by molar-refractivity contribution is -0.143. The second-order valence-electron chi connectivity index (χ2n) is 3.69. The van der Waals surface area contributed by atoms with Crippen LogP contribution in [-0.4, -0.2) is 20.9 Å². The zero-order chi connectivity index (χ0) is 15.1. The number of hydrogen-bond donors (Lipinski definition) is 1. The zero-order valence-corrected chi connectivity index (χ0v) is 9.45. The van der Waals surface area contributed by atoms with E-state index in [4.69, 9.17) is 5.11 Å². The Kier molecular flexibility index (Phi) is 3.20. The standard InChI is InChI=1S/C11H5F5N2O2/c12-6-2-1-3-7(13)8(6)18-9(11(14,15)16)5(4-17-18)10(19)20/h1-4H,(H,19,20). The summed E-state index contributed by atoms with van der Waals surface area (Å²) in [7, 11) is 0. The predicted octanol–water partition coefficient (Wildman–Crippen LogP) is 2.87. The minimum Gasteiger partial charge on any atom is -0.478 e. The average Bonchev–Trinajstić information content (AvgIpc) is 2.73. The highest BCUT2D eigenvalue weighted by Crippen LogP contribution is 2.34. The monoisotopic (exact) mass is 292 g/mol. The van der Waals surface area contributed by atoms with Crippen LogP contribution in [0.5, 0.6) is 0 Å². The van der Waals surface area contributed by atoms with Gasteiger partial charge >= 0.3 is 12.1 Å². The van der Waals surface area contributed by atoms with Crippen LogP contribution in [0.2, 0.25) is 0 Å². The van der Waals surface area contributed by atoms with Crippen molar-refractivity contribution in [3.05, 3.63) is 47.3 Å². The smallest absolute Gasteiger partial charge is 0.434 e. The normalized spacial score (nSPS) is 11.7. The topological polar surface area (TPSA) is 55.1 Å². The summed E-state index contributed by atoms with van der Waals surface area (Å²) in [5, 5.41) is 11.8. The van der Waals surface area contributed by atoms with Crippen LogP contribution in [0.25, 0.3) is 5.69 Å². The fraction of sp³-hybridized carbons (Fsp3) is 0.0909. The van der Waals surface area contributed by atoms with Gasteiger partial charge in [0.25, 0.3) is 0 Å². The minimum atomic E-state index is -5.14. The van der Waals surface area contributed by atoms with Crippen molar-refractivity contribution >= 4 is 5.97 Å². The number of nitrogens with zero attached hydrogens (tertiary/aromatic N) is 2. The Morgan fingerprint density at radius 2 is 1.75 bits per heavy atom. The van der Waals surface area contributed by atoms with Gasteiger partial charge in [0.05, 0.1) is 6.20 Å². The fourth-order valence-corrected chi connectivity index (χ4v) is 1.64. The summed E-state index contributed by atoms with van der Waals surface area (Å²) < 4.78 is 65.5. The molecule has 106 valence electrons. The molecule has 0 saturated carbocycles. The molecule has 0 amide bonds. The summed E-state index contributed by atoms with van der Waals surface area (Å²) in [6.07, 6.45) is -4.75. The number of benzene rings is 1. The lowest BCUT2D eigenvalue weighted by Crippen LogP contribution is -2.18. The molecule has 0 radical (unpaired) electrons. The largest absolute Gasteiger partial charge is 0.478 e. The maximum Gasteiger partial charge on any atom is 0.434 e. The second-order valence-corrected chi connectivity index (χ2v) is 3.69. The molecule has 1 aromatic carbocycles. The van der Waals surface area contributed by atoms with Crippen LogP contribution >= 0.6 is 0 Å². The van der Waals surface area contributed by atoms with E-state index >= 15 is 0 Å². The molecule has 2 aromatic rings. The summed E-state index contributed by atoms with van der Waals surface area (Å²) >= 11 is 0. The maximum atomic E-state index is 13.5. The minimum absolute atomic E-state index is 0.103. The first kappa shape index (κ1) is 14.0. The number of carboxylic acid groups (broad SMARTS) is 1. The van der Waals surface area contributed by atoms with Gasteiger partial charge in [0.1, 0.15) is 11.3 Å². The number of carboxylic acids is 1. The highest BCUT2D eigenvalue weighted by Gasteiger charge is 2.41. The molecule has 1 N–H and O–H groups in total. The molecule has 1 heterocycles. The molecule has 4 nitrogen and oxygen atoms in total. The SMILES string of the molecule is O=C(O)c1cnn(-c2c(F)cccc2F)c1C(F)(F)F. The Hall–Kier alpha value is -2.45. The number of para-hydroxylation sites is 1. The van der Waals surface area contributed by atoms with E-state index in [9.17, 15) is 26.7 Å². The molecule has 0 fully saturated rings. The molecule has 0 aliphatic rings. The molecule has 20 heavy (non-hydrogen) atoms. The third kappa shape index (κ3) is 2.22. The van der Waals surface area contributed by atoms with Gasteiger partial charge < -0.3 is 5.11 Å². The van der Waals surface area contributed by atoms with E-state index in [-0.39, 0.29) is 4.68 Å². The van der Waals surface area contributed by atoms with E-state index in [0.717, 1.165) is 18.2 Å². The Bertz CT molecular complexity index is 658. The van der Waals surface area contributed by atoms with Crippen LogP contribution in [0.15, 0.2) is 24.4 Å². The van der Waals surface area contributed by atoms with Crippen molar-refractivity contribution in [1.82, 2.24) is 9.78 Å². The number of aromatic carboxylic acids is 1. The van der Waals surface area contributed by atoms with Crippen LogP contribution in [0.4, 0.5) is 22.0 Å². The van der Waals surface area contributed by atoms with E-state index in [1.807, 2.05) is 0 Å². The molecule has 0 unspecified atom stereocenters. The number of halogens is 5. The lowest BCUT2D eigenvalue weighted by atomic mass is 10.2. The van der Waals surface area contributed by atoms with Gasteiger partial charge in [0.2, 0.25) is 0 Å². The van der Waals surface area contributed by atoms with Gasteiger partial charge in [0, 0.05) is 0 Å². The molecule has 0 aliphatic heterocycles. The Morgan fingerprint density at radius 1 is 1.20 bits per heavy atom. The third-order valence-electron chi connectivity index (χ3n) is 2.42. The summed E-state index contributed by atoms with van der Waals surface area (Å²) in [5.41, 5.74) is -4.04. The predicted molar refractivity (Wildman–Crippen MR) is 55.4 cm³/mol. The first-order valence-electron chi connectivity index (χ1n) is 5.06. The van der Waals surface area contributed by atoms with Gasteiger partial charge in [-0.05, 0) is 12.1 Å². The maximum absolute atomic E-state index is 13.5. The van der Waals surface area contributed by atoms with E-state index in [2.05, 4.69) is 5.10 Å². The van der Waals surface area contributed by atoms with Crippen molar-refractivity contribution in [1.29, 1.82) is 0 Å². The van der Waals surface area contributed by atoms with E-state index < -0.39 is 40.7 Å². The van der Waals surface area contributed by atoms with Crippen LogP contribution in [0.1, 0.15) is 16.1 Å². The molecular weight excluding hydrogens is 287 g/mol. The van der Waals surface area contributed by atoms with Crippen molar-refractivity contribution in [2.45, 2.75) is 6.18 Å². The molecule has 0 bridgehead atoms. The van der Waals surface area contributed by atoms with Crippen LogP contribution in [0, 0.1) is 11.6 Å². The Labute approximate surface area is 108 Å². The van der Waals surface area contributed by atoms with Crippen molar-refractivity contribution < 1.29 is 31.9 Å². The third-order valence-corrected chi connectivity index (χ3v) is 2.42. The Morgan fingerprint density at radius 3 is 2.20 bits per heavy atom. The van der Waals surface area contributed by atoms with Crippen LogP contribution < -0.4 is 0 Å². The van der Waals surface area contributed by atoms with Crippen molar-refractivity contribution in [2.24, 2.45) is 0 Å². The zero-order valence-electron chi connectivity index (χ0n) is 9.45. The number of hydrogen-bond acceptors (Lipinski definition) is 2. The van der Waals surface area contributed by atoms with Crippen molar-refractivity contribution in [3.8, 4) is 5.69 Å². The first-order chi connectivity index (χ1) is 9.23. The molecule has 9 heteroatoms. The van der Waals surface area contributed by atoms with Crippen molar-refractivity contribution in [3.63, 3.8) is 0 Å². The van der Waals surface area contributed by atoms with Crippen molar-refractivity contribution in [2.75, 3.05) is 0 Å². The van der Waals surface area contributed by atoms with Crippen LogP contribution in [-0.2, 0) is 6.18 Å². The molecule has 2 rings (SSSR count). The summed E-state index contributed by atoms with van der Waals surface area (Å²) in [6.45, 7) is 0. The van der Waals surface area contributed by atoms with E-state index in [1.165, 1.54) is 0 Å². The van der Waals surface area contributed by atoms with Gasteiger partial charge in [-0.25, -0.2) is 18.3 Å². The van der Waals surface area contributed by atoms with Gasteiger partial charge in [0.15, 0.2) is 17.3 Å². The summed E-state index contributed by atoms with van der Waals surface area (Å²) in [6, 6.07) is 2.43. The first-order valence-corrected chi connectivity index (χ1v) is 5.06. The lowest BCUT2D eigenvalue weighted by Gasteiger charge is -2.12. The fourth-order valence-electron chi connectivity index (χ4n) is 1.64. The molecule has 1 aromatic heterocycles. The Balaban J connectivity index is 2.80. The summed E-state index contributed by atoms with van der Waals surface area (Å²) in [4.78, 5) is 10.7. The van der Waals surface area contributed by atoms with Gasteiger partial charge in [-0.2, -0.15) is 18.3 Å². The van der Waals surface area contributed by atoms with Gasteiger partial charge in [-0.3, -0.25) is 0 Å². The van der Waals surface area contributed by atoms with Gasteiger partial charge in [-0.1, -0.05) is 6.07 Å². The quantitative estimate of drug-likeness (QED) is 0.866. The summed E-state index contributed by atoms with van der Waals surface area (Å²) in [5.74, 6) is -4.49. The number of alkyl halides is 3. The number of aromatic nitrogens is 2. The molecule has 0 saturated heterocycles. The van der Waals surface area contributed by atoms with Crippen LogP contribution in [0.3, 0.4) is 0 Å². The van der Waals surface area contributed by atoms with E-state index in [1.54, 1.807) is 0 Å². The molecule has 0 atom stereocenters.